The van der Waals surface area contributed by atoms with Gasteiger partial charge in [0, 0.05) is 143 Å². The molecule has 110 heavy (non-hydrogen) atoms. The van der Waals surface area contributed by atoms with E-state index in [4.69, 9.17) is 4.74 Å². The quantitative estimate of drug-likeness (QED) is 0.0709. The Balaban J connectivity index is 0.000000136. The molecule has 0 bridgehead atoms. The van der Waals surface area contributed by atoms with E-state index in [1.54, 1.807) is 17.8 Å². The topological polar surface area (TPSA) is 94.6 Å². The predicted octanol–water partition coefficient (Wildman–Crippen LogP) is 25.0. The van der Waals surface area contributed by atoms with E-state index in [2.05, 4.69) is 249 Å². The lowest BCUT2D eigenvalue weighted by atomic mass is 9.68. The maximum Gasteiger partial charge on any atom is 0.213 e. The maximum atomic E-state index is 12.1. The van der Waals surface area contributed by atoms with Gasteiger partial charge in [-0.1, -0.05) is 195 Å². The molecule has 11 nitrogen and oxygen atoms in total. The van der Waals surface area contributed by atoms with E-state index in [-0.39, 0.29) is 0 Å². The number of fused-ring (bicyclic) bond motifs is 9. The molecule has 0 N–H and O–H groups in total. The van der Waals surface area contributed by atoms with Crippen molar-refractivity contribution < 1.29 is 9.53 Å². The summed E-state index contributed by atoms with van der Waals surface area (Å²) < 4.78 is 17.9. The third-order valence-corrected chi connectivity index (χ3v) is 20.8. The number of hydrogen-bond donors (Lipinski definition) is 0. The number of carbonyl (C=O) groups is 1. The number of ether oxygens (including phenoxy) is 1. The number of carbonyl (C=O) groups excluding carboxylic acids is 1. The highest BCUT2D eigenvalue weighted by atomic mass is 16.5. The van der Waals surface area contributed by atoms with Crippen LogP contribution in [0.3, 0.4) is 0 Å². The first kappa shape index (κ1) is 80.7. The van der Waals surface area contributed by atoms with Crippen molar-refractivity contribution >= 4 is 71.3 Å². The second-order valence-electron chi connectivity index (χ2n) is 28.2. The molecule has 564 valence electrons. The fraction of sp³-hybridized carbons (Fsp3) is 0.253. The molecular formula is C99H111N9O2. The normalized spacial score (nSPS) is 15.4. The Morgan fingerprint density at radius 2 is 0.973 bits per heavy atom. The molecule has 8 heterocycles. The third-order valence-electron chi connectivity index (χ3n) is 20.8. The zero-order chi connectivity index (χ0) is 77.1. The first-order valence-electron chi connectivity index (χ1n) is 39.1. The van der Waals surface area contributed by atoms with Gasteiger partial charge in [-0.25, -0.2) is 9.97 Å². The molecule has 0 unspecified atom stereocenters. The van der Waals surface area contributed by atoms with E-state index in [9.17, 15) is 4.79 Å². The molecule has 14 aromatic rings. The van der Waals surface area contributed by atoms with Crippen LogP contribution < -0.4 is 4.74 Å². The van der Waals surface area contributed by atoms with Crippen LogP contribution in [0.4, 0.5) is 0 Å². The summed E-state index contributed by atoms with van der Waals surface area (Å²) in [7, 11) is 0. The van der Waals surface area contributed by atoms with Crippen molar-refractivity contribution in [3.63, 3.8) is 0 Å². The number of aryl methyl sites for hydroxylation is 1. The van der Waals surface area contributed by atoms with Crippen LogP contribution in [0.2, 0.25) is 0 Å². The van der Waals surface area contributed by atoms with Gasteiger partial charge < -0.3 is 27.6 Å². The molecule has 0 radical (unpaired) electrons. The van der Waals surface area contributed by atoms with Crippen molar-refractivity contribution in [1.82, 2.24) is 42.6 Å². The number of rotatable bonds is 20. The van der Waals surface area contributed by atoms with Gasteiger partial charge in [0.1, 0.15) is 12.3 Å². The molecule has 2 saturated carbocycles. The van der Waals surface area contributed by atoms with E-state index in [1.807, 2.05) is 133 Å². The predicted molar refractivity (Wildman–Crippen MR) is 466 cm³/mol. The van der Waals surface area contributed by atoms with Gasteiger partial charge in [-0.3, -0.25) is 9.48 Å². The number of allylic oxidation sites excluding steroid dienone is 7. The van der Waals surface area contributed by atoms with Gasteiger partial charge in [0.2, 0.25) is 5.88 Å². The van der Waals surface area contributed by atoms with Crippen LogP contribution in [0.25, 0.3) is 65.5 Å². The molecule has 0 amide bonds. The van der Waals surface area contributed by atoms with Gasteiger partial charge in [-0.05, 0) is 179 Å². The lowest BCUT2D eigenvalue weighted by molar-refractivity contribution is 0.0973. The Morgan fingerprint density at radius 3 is 1.60 bits per heavy atom. The summed E-state index contributed by atoms with van der Waals surface area (Å²) >= 11 is 0. The fourth-order valence-corrected chi connectivity index (χ4v) is 15.5. The minimum atomic E-state index is 0.297. The summed E-state index contributed by atoms with van der Waals surface area (Å²) in [4.78, 5) is 20.3. The summed E-state index contributed by atoms with van der Waals surface area (Å²) in [5.41, 5.74) is 12.3. The molecule has 8 aromatic heterocycles. The molecule has 11 heteroatoms. The summed E-state index contributed by atoms with van der Waals surface area (Å²) in [6, 6.07) is 68.7. The van der Waals surface area contributed by atoms with Gasteiger partial charge in [0.25, 0.3) is 0 Å². The minimum Gasteiger partial charge on any atom is -0.473 e. The Hall–Kier alpha value is -11.8. The van der Waals surface area contributed by atoms with Crippen LogP contribution in [-0.4, -0.2) is 55.0 Å². The van der Waals surface area contributed by atoms with Crippen LogP contribution in [0.5, 0.6) is 5.88 Å². The molecule has 17 rings (SSSR count). The standard InChI is InChI=1S/C23H34.C15H15NO.C15H13N.C11H11N.2C10H10N2.C8H9NO.C7H9N/c1-3-4-5-19-8-12-21(13-9-19)23-16-14-22(15-17-23)20-10-6-18(2)7-11-20;1-2-10-16-12-7-4-3-6-11(12)15-13(16)8-5-9-14(15)17;1-2-11-16-14-9-5-3-7-12(14)13-8-4-6-10-15(13)16;1-2-8-12-9-7-10-5-3-4-6-11(10)12;1-2-7-12-8-5-9-4-3-6-11-10(9)12;1-2-7-12-10-6-4-3-5-9(10)8-11-12;1-2-7-10-8-5-3-4-6-9-8;1-2-5-8-6-3-4-7-8/h3,6-7,10-11,19,21-23H,1,4-5,8-9,12-17H2,2H3;2-4,6-7H,1,5,8-10H2;2-10H,1,11H2;2-7,9H,1,8H2;2*2-6,8H,1,7H2;2-6H,1,7H2;2-4,6-7H,1,5H2. The van der Waals surface area contributed by atoms with Crippen LogP contribution in [0, 0.1) is 24.7 Å². The number of nitrogens with zero attached hydrogens (tertiary/aromatic N) is 9. The average Bonchev–Trinajstić information content (AvgIpc) is 1.61. The highest BCUT2D eigenvalue weighted by molar-refractivity contribution is 6.10. The Morgan fingerprint density at radius 1 is 0.436 bits per heavy atom. The van der Waals surface area contributed by atoms with Crippen LogP contribution >= 0.6 is 0 Å². The zero-order valence-electron chi connectivity index (χ0n) is 64.7. The number of para-hydroxylation sites is 5. The van der Waals surface area contributed by atoms with Crippen molar-refractivity contribution in [1.29, 1.82) is 0 Å². The average molecular weight is 1460 g/mol. The van der Waals surface area contributed by atoms with E-state index in [0.29, 0.717) is 24.7 Å². The molecule has 0 saturated heterocycles. The fourth-order valence-electron chi connectivity index (χ4n) is 15.5. The number of Topliss-reactive ketones (excluding diaryl/α,β-unsaturated/α-hetero) is 1. The molecule has 3 aliphatic rings. The highest BCUT2D eigenvalue weighted by Crippen LogP contribution is 2.45. The van der Waals surface area contributed by atoms with Crippen LogP contribution in [0.15, 0.2) is 345 Å². The molecule has 0 atom stereocenters. The van der Waals surface area contributed by atoms with Gasteiger partial charge in [0.05, 0.1) is 18.3 Å². The summed E-state index contributed by atoms with van der Waals surface area (Å²) in [5, 5.41) is 11.6. The molecule has 0 aliphatic heterocycles. The van der Waals surface area contributed by atoms with Crippen molar-refractivity contribution in [2.75, 3.05) is 6.61 Å². The summed E-state index contributed by atoms with van der Waals surface area (Å²) in [5.74, 6) is 4.82. The minimum absolute atomic E-state index is 0.297. The van der Waals surface area contributed by atoms with Gasteiger partial charge in [-0.2, -0.15) is 5.10 Å². The van der Waals surface area contributed by atoms with E-state index in [0.717, 1.165) is 103 Å². The largest absolute Gasteiger partial charge is 0.473 e. The third kappa shape index (κ3) is 22.2. The van der Waals surface area contributed by atoms with Gasteiger partial charge in [0.15, 0.2) is 5.78 Å². The Kier molecular flexibility index (Phi) is 31.7. The number of ketones is 1. The lowest BCUT2D eigenvalue weighted by Gasteiger charge is -2.38. The number of hydrogen-bond acceptors (Lipinski definition) is 5. The summed E-state index contributed by atoms with van der Waals surface area (Å²) in [6.07, 6.45) is 45.7. The molecule has 2 fully saturated rings. The van der Waals surface area contributed by atoms with E-state index in [1.165, 1.54) is 119 Å². The Bertz CT molecular complexity index is 4950. The number of aromatic nitrogens is 9. The number of pyridine rings is 2. The SMILES string of the molecule is C=CCCC1CCC(C2CCC(c3ccc(C)cc3)CC2)CC1.C=CCOc1ccccn1.C=CCn1c2c(c3ccccc31)C(=O)CCC2.C=CCn1c2ccccc2c2ccccc21.C=CCn1ccc2ccccc21.C=CCn1ccc2cccnc21.C=CCn1cccc1.C=CCn1ncc2ccccc21. The Labute approximate surface area is 652 Å². The molecular weight excluding hydrogens is 1350 g/mol. The van der Waals surface area contributed by atoms with Crippen molar-refractivity contribution in [2.24, 2.45) is 17.8 Å². The smallest absolute Gasteiger partial charge is 0.213 e. The van der Waals surface area contributed by atoms with Gasteiger partial charge >= 0.3 is 0 Å². The molecule has 6 aromatic carbocycles. The first-order valence-corrected chi connectivity index (χ1v) is 39.1. The lowest BCUT2D eigenvalue weighted by Crippen LogP contribution is -2.25. The van der Waals surface area contributed by atoms with E-state index >= 15 is 0 Å². The van der Waals surface area contributed by atoms with Crippen LogP contribution in [-0.2, 0) is 45.7 Å². The first-order chi connectivity index (χ1) is 54.1. The summed E-state index contributed by atoms with van der Waals surface area (Å²) in [6.45, 7) is 37.5. The highest BCUT2D eigenvalue weighted by Gasteiger charge is 2.31. The molecule has 0 spiro atoms. The maximum absolute atomic E-state index is 12.1. The second kappa shape index (κ2) is 43.2. The van der Waals surface area contributed by atoms with Gasteiger partial charge in [-0.15, -0.1) is 46.1 Å². The van der Waals surface area contributed by atoms with Crippen molar-refractivity contribution in [3.8, 4) is 5.88 Å². The molecule has 3 aliphatic carbocycles. The zero-order valence-corrected chi connectivity index (χ0v) is 64.7. The number of benzene rings is 6. The van der Waals surface area contributed by atoms with Crippen molar-refractivity contribution in [3.05, 3.63) is 367 Å². The monoisotopic (exact) mass is 1460 g/mol. The van der Waals surface area contributed by atoms with Crippen LogP contribution in [0.1, 0.15) is 110 Å². The van der Waals surface area contributed by atoms with E-state index < -0.39 is 0 Å². The second-order valence-corrected chi connectivity index (χ2v) is 28.2. The van der Waals surface area contributed by atoms with Crippen molar-refractivity contribution in [2.45, 2.75) is 136 Å².